The molecule has 0 atom stereocenters. The van der Waals surface area contributed by atoms with E-state index < -0.39 is 0 Å². The number of hydrogen-bond donors (Lipinski definition) is 0. The third kappa shape index (κ3) is 5.49. The minimum Gasteiger partial charge on any atom is -0.504 e. The van der Waals surface area contributed by atoms with E-state index in [1.807, 2.05) is 24.3 Å². The largest absolute Gasteiger partial charge is 0.504 e. The lowest BCUT2D eigenvalue weighted by atomic mass is 10.0. The summed E-state index contributed by atoms with van der Waals surface area (Å²) >= 11 is 0. The van der Waals surface area contributed by atoms with E-state index in [2.05, 4.69) is 61.5 Å². The summed E-state index contributed by atoms with van der Waals surface area (Å²) in [6.07, 6.45) is 5.53. The Balaban J connectivity index is 1.82. The van der Waals surface area contributed by atoms with Gasteiger partial charge in [-0.3, -0.25) is 0 Å². The zero-order valence-corrected chi connectivity index (χ0v) is 16.0. The van der Waals surface area contributed by atoms with Crippen LogP contribution in [0, 0.1) is 0 Å². The number of methoxy groups -OCH3 is 1. The van der Waals surface area contributed by atoms with Gasteiger partial charge in [-0.2, -0.15) is 0 Å². The number of hydrogen-bond acceptors (Lipinski definition) is 2. The van der Waals surface area contributed by atoms with Crippen LogP contribution in [0.2, 0.25) is 0 Å². The Bertz CT molecular complexity index is 865. The van der Waals surface area contributed by atoms with Crippen molar-refractivity contribution in [3.63, 3.8) is 0 Å². The van der Waals surface area contributed by atoms with Gasteiger partial charge < -0.3 is 9.47 Å². The highest BCUT2D eigenvalue weighted by Crippen LogP contribution is 2.25. The fourth-order valence-corrected chi connectivity index (χ4v) is 2.95. The summed E-state index contributed by atoms with van der Waals surface area (Å²) < 4.78 is 11.2. The summed E-state index contributed by atoms with van der Waals surface area (Å²) in [7, 11) is 1.65. The first-order valence-corrected chi connectivity index (χ1v) is 9.35. The van der Waals surface area contributed by atoms with E-state index >= 15 is 0 Å². The third-order valence-corrected chi connectivity index (χ3v) is 4.55. The molecular formula is C25H26O2. The molecule has 0 aliphatic heterocycles. The Morgan fingerprint density at radius 1 is 0.815 bits per heavy atom. The molecule has 0 saturated carbocycles. The first-order valence-electron chi connectivity index (χ1n) is 9.35. The van der Waals surface area contributed by atoms with Crippen LogP contribution in [0.5, 0.6) is 5.75 Å². The predicted octanol–water partition coefficient (Wildman–Crippen LogP) is 6.04. The number of aryl methyl sites for hydroxylation is 1. The lowest BCUT2D eigenvalue weighted by molar-refractivity contribution is 0.303. The zero-order valence-electron chi connectivity index (χ0n) is 16.0. The predicted molar refractivity (Wildman–Crippen MR) is 112 cm³/mol. The van der Waals surface area contributed by atoms with Gasteiger partial charge in [0.2, 0.25) is 0 Å². The molecule has 3 aromatic rings. The van der Waals surface area contributed by atoms with E-state index in [0.29, 0.717) is 6.61 Å². The quantitative estimate of drug-likeness (QED) is 0.457. The van der Waals surface area contributed by atoms with Gasteiger partial charge in [-0.1, -0.05) is 73.7 Å². The average Bonchev–Trinajstić information content (AvgIpc) is 2.73. The molecule has 0 radical (unpaired) electrons. The number of rotatable bonds is 8. The molecule has 0 amide bonds. The second kappa shape index (κ2) is 9.63. The molecule has 0 heterocycles. The van der Waals surface area contributed by atoms with Crippen LogP contribution in [0.1, 0.15) is 34.7 Å². The molecule has 0 aliphatic rings. The third-order valence-electron chi connectivity index (χ3n) is 4.55. The zero-order chi connectivity index (χ0) is 18.9. The summed E-state index contributed by atoms with van der Waals surface area (Å²) in [4.78, 5) is 0. The van der Waals surface area contributed by atoms with E-state index in [1.165, 1.54) is 16.7 Å². The van der Waals surface area contributed by atoms with Crippen LogP contribution in [0.4, 0.5) is 0 Å². The molecule has 0 saturated heterocycles. The molecular weight excluding hydrogens is 332 g/mol. The van der Waals surface area contributed by atoms with Crippen LogP contribution >= 0.6 is 0 Å². The van der Waals surface area contributed by atoms with Gasteiger partial charge in [0.15, 0.2) is 0 Å². The van der Waals surface area contributed by atoms with Gasteiger partial charge in [0, 0.05) is 6.42 Å². The maximum Gasteiger partial charge on any atom is 0.123 e. The normalized spacial score (nSPS) is 10.9. The Morgan fingerprint density at radius 2 is 1.56 bits per heavy atom. The summed E-state index contributed by atoms with van der Waals surface area (Å²) in [6, 6.07) is 25.4. The fourth-order valence-electron chi connectivity index (χ4n) is 2.95. The lowest BCUT2D eigenvalue weighted by Crippen LogP contribution is -2.00. The monoisotopic (exact) mass is 358 g/mol. The highest BCUT2D eigenvalue weighted by Gasteiger charge is 2.07. The van der Waals surface area contributed by atoms with Gasteiger partial charge in [-0.15, -0.1) is 0 Å². The summed E-state index contributed by atoms with van der Waals surface area (Å²) in [5.41, 5.74) is 6.06. The van der Waals surface area contributed by atoms with E-state index in [1.54, 1.807) is 13.4 Å². The van der Waals surface area contributed by atoms with E-state index in [9.17, 15) is 0 Å². The second-order valence-electron chi connectivity index (χ2n) is 6.53. The minimum absolute atomic E-state index is 0.556. The smallest absolute Gasteiger partial charge is 0.123 e. The maximum absolute atomic E-state index is 6.19. The fraction of sp³-hybridized carbons (Fsp3) is 0.200. The summed E-state index contributed by atoms with van der Waals surface area (Å²) in [5.74, 6) is 0.914. The summed E-state index contributed by atoms with van der Waals surface area (Å²) in [6.45, 7) is 2.73. The maximum atomic E-state index is 6.19. The SMILES string of the molecule is CCc1ccc(Cc2ccc(C=COC)cc2OCc2ccccc2)cc1. The Hall–Kier alpha value is -3.00. The van der Waals surface area contributed by atoms with Gasteiger partial charge in [-0.25, -0.2) is 0 Å². The van der Waals surface area contributed by atoms with Crippen molar-refractivity contribution in [3.8, 4) is 5.75 Å². The Labute approximate surface area is 162 Å². The van der Waals surface area contributed by atoms with E-state index in [0.717, 1.165) is 29.7 Å². The highest BCUT2D eigenvalue weighted by atomic mass is 16.5. The van der Waals surface area contributed by atoms with Crippen molar-refractivity contribution in [2.24, 2.45) is 0 Å². The van der Waals surface area contributed by atoms with Gasteiger partial charge in [0.25, 0.3) is 0 Å². The lowest BCUT2D eigenvalue weighted by Gasteiger charge is -2.13. The molecule has 3 aromatic carbocycles. The first-order chi connectivity index (χ1) is 13.3. The van der Waals surface area contributed by atoms with Crippen molar-refractivity contribution in [2.45, 2.75) is 26.4 Å². The number of benzene rings is 3. The van der Waals surface area contributed by atoms with Gasteiger partial charge >= 0.3 is 0 Å². The van der Waals surface area contributed by atoms with Crippen LogP contribution in [0.3, 0.4) is 0 Å². The number of ether oxygens (including phenoxy) is 2. The van der Waals surface area contributed by atoms with Crippen LogP contribution in [-0.4, -0.2) is 7.11 Å². The van der Waals surface area contributed by atoms with Crippen LogP contribution in [0.15, 0.2) is 79.1 Å². The molecule has 0 N–H and O–H groups in total. The molecule has 2 nitrogen and oxygen atoms in total. The van der Waals surface area contributed by atoms with E-state index in [-0.39, 0.29) is 0 Å². The average molecular weight is 358 g/mol. The minimum atomic E-state index is 0.556. The molecule has 0 bridgehead atoms. The summed E-state index contributed by atoms with van der Waals surface area (Å²) in [5, 5.41) is 0. The highest BCUT2D eigenvalue weighted by molar-refractivity contribution is 5.54. The van der Waals surface area contributed by atoms with Crippen molar-refractivity contribution >= 4 is 6.08 Å². The molecule has 0 unspecified atom stereocenters. The standard InChI is InChI=1S/C25H26O2/c1-3-20-9-11-21(12-10-20)17-24-14-13-22(15-16-26-2)18-25(24)27-19-23-7-5-4-6-8-23/h4-16,18H,3,17,19H2,1-2H3. The molecule has 2 heteroatoms. The molecule has 0 aromatic heterocycles. The van der Waals surface area contributed by atoms with Crippen molar-refractivity contribution in [2.75, 3.05) is 7.11 Å². The van der Waals surface area contributed by atoms with Crippen LogP contribution in [0.25, 0.3) is 6.08 Å². The van der Waals surface area contributed by atoms with Gasteiger partial charge in [-0.05, 0) is 46.4 Å². The van der Waals surface area contributed by atoms with Crippen molar-refractivity contribution in [1.29, 1.82) is 0 Å². The molecule has 0 aliphatic carbocycles. The van der Waals surface area contributed by atoms with E-state index in [4.69, 9.17) is 9.47 Å². The molecule has 27 heavy (non-hydrogen) atoms. The van der Waals surface area contributed by atoms with Crippen molar-refractivity contribution in [1.82, 2.24) is 0 Å². The van der Waals surface area contributed by atoms with Gasteiger partial charge in [0.05, 0.1) is 13.4 Å². The second-order valence-corrected chi connectivity index (χ2v) is 6.53. The van der Waals surface area contributed by atoms with Crippen LogP contribution in [-0.2, 0) is 24.2 Å². The van der Waals surface area contributed by atoms with Crippen molar-refractivity contribution in [3.05, 3.63) is 107 Å². The molecule has 3 rings (SSSR count). The molecule has 0 spiro atoms. The molecule has 138 valence electrons. The van der Waals surface area contributed by atoms with Crippen LogP contribution < -0.4 is 4.74 Å². The Kier molecular flexibility index (Phi) is 6.70. The Morgan fingerprint density at radius 3 is 2.26 bits per heavy atom. The first kappa shape index (κ1) is 18.8. The van der Waals surface area contributed by atoms with Crippen molar-refractivity contribution < 1.29 is 9.47 Å². The topological polar surface area (TPSA) is 18.5 Å². The van der Waals surface area contributed by atoms with Gasteiger partial charge in [0.1, 0.15) is 12.4 Å². The molecule has 0 fully saturated rings.